The van der Waals surface area contributed by atoms with Gasteiger partial charge in [-0.3, -0.25) is 0 Å². The van der Waals surface area contributed by atoms with Crippen LogP contribution in [-0.4, -0.2) is 35.9 Å². The molecule has 0 bridgehead atoms. The molecule has 2 aromatic rings. The van der Waals surface area contributed by atoms with Crippen molar-refractivity contribution in [2.75, 3.05) is 13.7 Å². The number of benzene rings is 1. The number of fused-ring (bicyclic) bond motifs is 1. The van der Waals surface area contributed by atoms with E-state index >= 15 is 0 Å². The van der Waals surface area contributed by atoms with Gasteiger partial charge in [0.2, 0.25) is 0 Å². The molecule has 0 fully saturated rings. The number of hydrogen-bond acceptors (Lipinski definition) is 4. The van der Waals surface area contributed by atoms with Gasteiger partial charge < -0.3 is 19.4 Å². The molecule has 26 heavy (non-hydrogen) atoms. The van der Waals surface area contributed by atoms with Crippen LogP contribution in [0.5, 0.6) is 0 Å². The fourth-order valence-corrected chi connectivity index (χ4v) is 3.38. The number of aryl methyl sites for hydroxylation is 1. The largest absolute Gasteiger partial charge is 0.464 e. The molecule has 0 aliphatic rings. The van der Waals surface area contributed by atoms with Crippen LogP contribution >= 0.6 is 15.9 Å². The Morgan fingerprint density at radius 1 is 1.31 bits per heavy atom. The number of alkyl carbamates (subject to hydrolysis) is 1. The van der Waals surface area contributed by atoms with Crippen molar-refractivity contribution in [1.82, 2.24) is 9.88 Å². The number of nitrogens with zero attached hydrogens (tertiary/aromatic N) is 1. The van der Waals surface area contributed by atoms with Crippen LogP contribution < -0.4 is 5.32 Å². The number of aromatic nitrogens is 1. The van der Waals surface area contributed by atoms with Crippen molar-refractivity contribution in [3.63, 3.8) is 0 Å². The first-order valence-electron chi connectivity index (χ1n) is 8.08. The normalized spacial score (nSPS) is 11.5. The number of amides is 1. The maximum Gasteiger partial charge on any atom is 0.407 e. The minimum Gasteiger partial charge on any atom is -0.464 e. The SMILES string of the molecule is COC(=O)c1c(C)c2cc(F)cc(Br)c2n1CCNC(=O)OC(C)(C)C. The molecule has 0 spiro atoms. The minimum absolute atomic E-state index is 0.228. The van der Waals surface area contributed by atoms with Crippen LogP contribution in [0.25, 0.3) is 10.9 Å². The van der Waals surface area contributed by atoms with Crippen LogP contribution in [0, 0.1) is 12.7 Å². The van der Waals surface area contributed by atoms with E-state index in [9.17, 15) is 14.0 Å². The summed E-state index contributed by atoms with van der Waals surface area (Å²) in [4.78, 5) is 24.1. The molecule has 2 rings (SSSR count). The average molecular weight is 429 g/mol. The number of carbonyl (C=O) groups is 2. The third-order valence-corrected chi connectivity index (χ3v) is 4.31. The van der Waals surface area contributed by atoms with Crippen molar-refractivity contribution in [3.8, 4) is 0 Å². The molecule has 0 radical (unpaired) electrons. The Morgan fingerprint density at radius 3 is 2.54 bits per heavy atom. The Labute approximate surface area is 159 Å². The van der Waals surface area contributed by atoms with Gasteiger partial charge in [0.05, 0.1) is 12.6 Å². The second-order valence-electron chi connectivity index (χ2n) is 6.83. The van der Waals surface area contributed by atoms with Gasteiger partial charge in [-0.1, -0.05) is 0 Å². The van der Waals surface area contributed by atoms with Gasteiger partial charge in [0.1, 0.15) is 17.1 Å². The van der Waals surface area contributed by atoms with Crippen LogP contribution in [0.4, 0.5) is 9.18 Å². The summed E-state index contributed by atoms with van der Waals surface area (Å²) < 4.78 is 26.1. The van der Waals surface area contributed by atoms with Gasteiger partial charge in [-0.15, -0.1) is 0 Å². The molecular weight excluding hydrogens is 407 g/mol. The lowest BCUT2D eigenvalue weighted by Gasteiger charge is -2.20. The standard InChI is InChI=1S/C18H22BrFN2O4/c1-10-12-8-11(20)9-13(19)15(12)22(14(10)16(23)25-5)7-6-21-17(24)26-18(2,3)4/h8-9H,6-7H2,1-5H3,(H,21,24). The number of esters is 1. The second kappa shape index (κ2) is 7.65. The van der Waals surface area contributed by atoms with E-state index < -0.39 is 23.5 Å². The minimum atomic E-state index is -0.599. The van der Waals surface area contributed by atoms with Crippen molar-refractivity contribution < 1.29 is 23.5 Å². The van der Waals surface area contributed by atoms with E-state index in [0.717, 1.165) is 0 Å². The molecule has 0 unspecified atom stereocenters. The molecule has 8 heteroatoms. The summed E-state index contributed by atoms with van der Waals surface area (Å²) in [6.45, 7) is 7.58. The predicted octanol–water partition coefficient (Wildman–Crippen LogP) is 4.16. The van der Waals surface area contributed by atoms with Gasteiger partial charge >= 0.3 is 12.1 Å². The monoisotopic (exact) mass is 428 g/mol. The van der Waals surface area contributed by atoms with E-state index in [0.29, 0.717) is 26.6 Å². The van der Waals surface area contributed by atoms with Gasteiger partial charge in [-0.05, 0) is 61.3 Å². The first kappa shape index (κ1) is 20.2. The smallest absolute Gasteiger partial charge is 0.407 e. The quantitative estimate of drug-likeness (QED) is 0.742. The average Bonchev–Trinajstić information content (AvgIpc) is 2.77. The Hall–Kier alpha value is -2.09. The molecule has 142 valence electrons. The zero-order valence-corrected chi connectivity index (χ0v) is 17.0. The molecule has 1 amide bonds. The van der Waals surface area contributed by atoms with Gasteiger partial charge in [-0.2, -0.15) is 0 Å². The zero-order valence-electron chi connectivity index (χ0n) is 15.4. The molecule has 1 aromatic heterocycles. The summed E-state index contributed by atoms with van der Waals surface area (Å²) in [6, 6.07) is 2.71. The summed E-state index contributed by atoms with van der Waals surface area (Å²) in [7, 11) is 1.29. The van der Waals surface area contributed by atoms with Crippen molar-refractivity contribution in [1.29, 1.82) is 0 Å². The predicted molar refractivity (Wildman–Crippen MR) is 99.9 cm³/mol. The number of rotatable bonds is 4. The molecule has 1 aromatic carbocycles. The van der Waals surface area contributed by atoms with Crippen molar-refractivity contribution in [2.45, 2.75) is 39.8 Å². The summed E-state index contributed by atoms with van der Waals surface area (Å²) in [5.41, 5.74) is 0.998. The highest BCUT2D eigenvalue weighted by molar-refractivity contribution is 9.10. The van der Waals surface area contributed by atoms with Crippen molar-refractivity contribution in [3.05, 3.63) is 33.7 Å². The van der Waals surface area contributed by atoms with Crippen LogP contribution in [0.1, 0.15) is 36.8 Å². The number of hydrogen-bond donors (Lipinski definition) is 1. The third kappa shape index (κ3) is 4.35. The van der Waals surface area contributed by atoms with Gasteiger partial charge in [0.15, 0.2) is 0 Å². The summed E-state index contributed by atoms with van der Waals surface area (Å²) in [5.74, 6) is -0.934. The fraction of sp³-hybridized carbons (Fsp3) is 0.444. The number of methoxy groups -OCH3 is 1. The lowest BCUT2D eigenvalue weighted by molar-refractivity contribution is 0.0526. The molecule has 0 atom stereocenters. The fourth-order valence-electron chi connectivity index (χ4n) is 2.74. The van der Waals surface area contributed by atoms with Crippen LogP contribution in [0.3, 0.4) is 0 Å². The number of nitrogens with one attached hydrogen (secondary N) is 1. The molecule has 1 heterocycles. The van der Waals surface area contributed by atoms with Gasteiger partial charge in [0, 0.05) is 22.9 Å². The van der Waals surface area contributed by atoms with E-state index in [1.807, 2.05) is 0 Å². The molecule has 0 aliphatic heterocycles. The van der Waals surface area contributed by atoms with Crippen molar-refractivity contribution >= 4 is 38.9 Å². The Balaban J connectivity index is 2.36. The zero-order chi connectivity index (χ0) is 19.6. The number of ether oxygens (including phenoxy) is 2. The maximum absolute atomic E-state index is 13.8. The summed E-state index contributed by atoms with van der Waals surface area (Å²) >= 11 is 3.35. The highest BCUT2D eigenvalue weighted by Gasteiger charge is 2.23. The summed E-state index contributed by atoms with van der Waals surface area (Å²) in [6.07, 6.45) is -0.546. The Kier molecular flexibility index (Phi) is 5.95. The molecule has 6 nitrogen and oxygen atoms in total. The molecular formula is C18H22BrFN2O4. The number of carbonyl (C=O) groups excluding carboxylic acids is 2. The topological polar surface area (TPSA) is 69.6 Å². The van der Waals surface area contributed by atoms with E-state index in [1.165, 1.54) is 19.2 Å². The van der Waals surface area contributed by atoms with Crippen LogP contribution in [0.2, 0.25) is 0 Å². The van der Waals surface area contributed by atoms with Crippen LogP contribution in [-0.2, 0) is 16.0 Å². The third-order valence-electron chi connectivity index (χ3n) is 3.71. The maximum atomic E-state index is 13.8. The Morgan fingerprint density at radius 2 is 1.96 bits per heavy atom. The first-order chi connectivity index (χ1) is 12.0. The summed E-state index contributed by atoms with van der Waals surface area (Å²) in [5, 5.41) is 3.26. The van der Waals surface area contributed by atoms with Crippen LogP contribution in [0.15, 0.2) is 16.6 Å². The molecule has 0 saturated heterocycles. The molecule has 1 N–H and O–H groups in total. The lowest BCUT2D eigenvalue weighted by Crippen LogP contribution is -2.34. The number of halogens is 2. The Bertz CT molecular complexity index is 855. The van der Waals surface area contributed by atoms with Gasteiger partial charge in [-0.25, -0.2) is 14.0 Å². The second-order valence-corrected chi connectivity index (χ2v) is 7.68. The molecule has 0 aliphatic carbocycles. The lowest BCUT2D eigenvalue weighted by atomic mass is 10.1. The highest BCUT2D eigenvalue weighted by Crippen LogP contribution is 2.32. The first-order valence-corrected chi connectivity index (χ1v) is 8.87. The van der Waals surface area contributed by atoms with Crippen molar-refractivity contribution in [2.24, 2.45) is 0 Å². The van der Waals surface area contributed by atoms with E-state index in [2.05, 4.69) is 21.2 Å². The van der Waals surface area contributed by atoms with E-state index in [-0.39, 0.29) is 13.1 Å². The van der Waals surface area contributed by atoms with Gasteiger partial charge in [0.25, 0.3) is 0 Å². The van der Waals surface area contributed by atoms with E-state index in [1.54, 1.807) is 32.3 Å². The highest BCUT2D eigenvalue weighted by atomic mass is 79.9. The van der Waals surface area contributed by atoms with E-state index in [4.69, 9.17) is 9.47 Å². The molecule has 0 saturated carbocycles.